The summed E-state index contributed by atoms with van der Waals surface area (Å²) >= 11 is 0. The molecule has 0 saturated heterocycles. The van der Waals surface area contributed by atoms with E-state index in [4.69, 9.17) is 5.73 Å². The van der Waals surface area contributed by atoms with E-state index in [-0.39, 0.29) is 43.2 Å². The van der Waals surface area contributed by atoms with Gasteiger partial charge in [0.2, 0.25) is 11.8 Å². The molecule has 7 nitrogen and oxygen atoms in total. The number of hydrogen-bond donors (Lipinski definition) is 4. The second-order valence-electron chi connectivity index (χ2n) is 5.97. The molecule has 132 valence electrons. The third-order valence-corrected chi connectivity index (χ3v) is 3.58. The first-order chi connectivity index (χ1) is 10.9. The van der Waals surface area contributed by atoms with Gasteiger partial charge in [-0.3, -0.25) is 9.59 Å². The second-order valence-corrected chi connectivity index (χ2v) is 5.97. The third-order valence-electron chi connectivity index (χ3n) is 3.58. The zero-order valence-electron chi connectivity index (χ0n) is 14.1. The highest BCUT2D eigenvalue weighted by atomic mass is 35.5. The number of imidazole rings is 1. The van der Waals surface area contributed by atoms with Gasteiger partial charge in [-0.15, -0.1) is 12.4 Å². The molecule has 5 N–H and O–H groups in total. The Labute approximate surface area is 147 Å². The molecule has 2 aromatic rings. The molecule has 8 heteroatoms. The summed E-state index contributed by atoms with van der Waals surface area (Å²) in [6.07, 6.45) is 0. The van der Waals surface area contributed by atoms with Gasteiger partial charge in [-0.1, -0.05) is 19.9 Å². The number of carbonyl (C=O) groups excluding carboxylic acids is 2. The number of benzene rings is 1. The van der Waals surface area contributed by atoms with Crippen LogP contribution in [-0.4, -0.2) is 34.4 Å². The lowest BCUT2D eigenvalue weighted by Crippen LogP contribution is -2.47. The van der Waals surface area contributed by atoms with E-state index in [1.807, 2.05) is 39.0 Å². The maximum Gasteiger partial charge on any atom is 0.239 e. The Hall–Kier alpha value is -2.12. The van der Waals surface area contributed by atoms with Gasteiger partial charge in [0.25, 0.3) is 0 Å². The highest BCUT2D eigenvalue weighted by Crippen LogP contribution is 2.12. The molecule has 2 rings (SSSR count). The Bertz CT molecular complexity index is 714. The molecule has 2 amide bonds. The summed E-state index contributed by atoms with van der Waals surface area (Å²) in [6.45, 7) is 5.89. The number of nitrogens with one attached hydrogen (secondary N) is 3. The van der Waals surface area contributed by atoms with E-state index >= 15 is 0 Å². The number of aryl methyl sites for hydroxylation is 1. The molecule has 1 aromatic heterocycles. The van der Waals surface area contributed by atoms with Crippen LogP contribution in [0.1, 0.15) is 25.2 Å². The lowest BCUT2D eigenvalue weighted by atomic mass is 10.1. The fourth-order valence-corrected chi connectivity index (χ4v) is 2.09. The van der Waals surface area contributed by atoms with Crippen molar-refractivity contribution in [1.82, 2.24) is 20.6 Å². The summed E-state index contributed by atoms with van der Waals surface area (Å²) in [5.74, 6) is 0.0847. The number of amides is 2. The Kier molecular flexibility index (Phi) is 7.18. The summed E-state index contributed by atoms with van der Waals surface area (Å²) < 4.78 is 0. The first-order valence-corrected chi connectivity index (χ1v) is 7.62. The second kappa shape index (κ2) is 8.65. The smallest absolute Gasteiger partial charge is 0.239 e. The van der Waals surface area contributed by atoms with Crippen molar-refractivity contribution in [2.45, 2.75) is 33.4 Å². The highest BCUT2D eigenvalue weighted by Gasteiger charge is 2.17. The van der Waals surface area contributed by atoms with Crippen LogP contribution in [-0.2, 0) is 16.1 Å². The van der Waals surface area contributed by atoms with Crippen molar-refractivity contribution in [3.05, 3.63) is 29.6 Å². The van der Waals surface area contributed by atoms with Gasteiger partial charge in [0.05, 0.1) is 30.2 Å². The normalized spacial score (nSPS) is 11.9. The molecule has 0 radical (unpaired) electrons. The first-order valence-electron chi connectivity index (χ1n) is 7.62. The summed E-state index contributed by atoms with van der Waals surface area (Å²) in [5.41, 5.74) is 8.64. The summed E-state index contributed by atoms with van der Waals surface area (Å²) in [4.78, 5) is 31.0. The van der Waals surface area contributed by atoms with Crippen LogP contribution in [0.25, 0.3) is 11.0 Å². The average molecular weight is 354 g/mol. The predicted molar refractivity (Wildman–Crippen MR) is 95.7 cm³/mol. The molecule has 0 spiro atoms. The van der Waals surface area contributed by atoms with E-state index in [0.29, 0.717) is 5.82 Å². The molecule has 0 aliphatic rings. The Morgan fingerprint density at radius 3 is 2.67 bits per heavy atom. The van der Waals surface area contributed by atoms with Crippen molar-refractivity contribution in [3.63, 3.8) is 0 Å². The minimum Gasteiger partial charge on any atom is -0.347 e. The number of fused-ring (bicyclic) bond motifs is 1. The van der Waals surface area contributed by atoms with Crippen LogP contribution in [0.5, 0.6) is 0 Å². The number of nitrogens with two attached hydrogens (primary N) is 1. The largest absolute Gasteiger partial charge is 0.347 e. The molecule has 0 aliphatic heterocycles. The number of hydrogen-bond acceptors (Lipinski definition) is 4. The van der Waals surface area contributed by atoms with Gasteiger partial charge < -0.3 is 21.4 Å². The maximum absolute atomic E-state index is 11.8. The van der Waals surface area contributed by atoms with Crippen LogP contribution < -0.4 is 16.4 Å². The third kappa shape index (κ3) is 5.21. The quantitative estimate of drug-likeness (QED) is 0.620. The number of halogens is 1. The van der Waals surface area contributed by atoms with Crippen LogP contribution in [0.4, 0.5) is 0 Å². The van der Waals surface area contributed by atoms with Crippen LogP contribution in [0.3, 0.4) is 0 Å². The van der Waals surface area contributed by atoms with Gasteiger partial charge in [0, 0.05) is 0 Å². The molecule has 1 atom stereocenters. The maximum atomic E-state index is 11.8. The molecule has 1 aromatic carbocycles. The van der Waals surface area contributed by atoms with Gasteiger partial charge in [0.1, 0.15) is 5.82 Å². The van der Waals surface area contributed by atoms with E-state index in [1.165, 1.54) is 0 Å². The van der Waals surface area contributed by atoms with Gasteiger partial charge in [-0.05, 0) is 30.5 Å². The topological polar surface area (TPSA) is 113 Å². The minimum absolute atomic E-state index is 0. The Balaban J connectivity index is 0.00000288. The van der Waals surface area contributed by atoms with E-state index < -0.39 is 6.04 Å². The number of H-pyrrole nitrogens is 1. The minimum atomic E-state index is -0.610. The standard InChI is InChI=1S/C16H23N5O2.ClH/c1-9(2)15(17)16(23)19-8-14(22)18-7-13-20-11-5-4-10(3)6-12(11)21-13;/h4-6,9,15H,7-8,17H2,1-3H3,(H,18,22)(H,19,23)(H,20,21);1H/t15-;/m0./s1. The van der Waals surface area contributed by atoms with E-state index in [9.17, 15) is 9.59 Å². The van der Waals surface area contributed by atoms with Gasteiger partial charge in [0.15, 0.2) is 0 Å². The highest BCUT2D eigenvalue weighted by molar-refractivity contribution is 5.87. The van der Waals surface area contributed by atoms with Gasteiger partial charge >= 0.3 is 0 Å². The van der Waals surface area contributed by atoms with Crippen molar-refractivity contribution >= 4 is 35.3 Å². The number of aromatic nitrogens is 2. The number of aromatic amines is 1. The van der Waals surface area contributed by atoms with Gasteiger partial charge in [-0.2, -0.15) is 0 Å². The monoisotopic (exact) mass is 353 g/mol. The van der Waals surface area contributed by atoms with Crippen LogP contribution in [0.2, 0.25) is 0 Å². The molecule has 0 fully saturated rings. The molecule has 24 heavy (non-hydrogen) atoms. The molecular weight excluding hydrogens is 330 g/mol. The number of nitrogens with zero attached hydrogens (tertiary/aromatic N) is 1. The zero-order chi connectivity index (χ0) is 17.0. The summed E-state index contributed by atoms with van der Waals surface area (Å²) in [5, 5.41) is 5.24. The molecule has 0 saturated carbocycles. The van der Waals surface area contributed by atoms with Crippen molar-refractivity contribution < 1.29 is 9.59 Å². The van der Waals surface area contributed by atoms with E-state index in [2.05, 4.69) is 20.6 Å². The molecule has 0 aliphatic carbocycles. The van der Waals surface area contributed by atoms with E-state index in [1.54, 1.807) is 0 Å². The molecule has 1 heterocycles. The fourth-order valence-electron chi connectivity index (χ4n) is 2.09. The van der Waals surface area contributed by atoms with Crippen molar-refractivity contribution in [2.24, 2.45) is 11.7 Å². The Morgan fingerprint density at radius 1 is 1.29 bits per heavy atom. The number of carbonyl (C=O) groups is 2. The van der Waals surface area contributed by atoms with Crippen molar-refractivity contribution in [2.75, 3.05) is 6.54 Å². The van der Waals surface area contributed by atoms with E-state index in [0.717, 1.165) is 16.6 Å². The van der Waals surface area contributed by atoms with Crippen LogP contribution in [0.15, 0.2) is 18.2 Å². The van der Waals surface area contributed by atoms with Crippen LogP contribution >= 0.6 is 12.4 Å². The molecule has 0 bridgehead atoms. The fraction of sp³-hybridized carbons (Fsp3) is 0.438. The lowest BCUT2D eigenvalue weighted by molar-refractivity contribution is -0.127. The number of rotatable bonds is 6. The Morgan fingerprint density at radius 2 is 2.00 bits per heavy atom. The van der Waals surface area contributed by atoms with Crippen LogP contribution in [0, 0.1) is 12.8 Å². The SMILES string of the molecule is Cc1ccc2nc(CNC(=O)CNC(=O)[C@@H](N)C(C)C)[nH]c2c1.Cl. The summed E-state index contributed by atoms with van der Waals surface area (Å²) in [6, 6.07) is 5.31. The van der Waals surface area contributed by atoms with Crippen molar-refractivity contribution in [3.8, 4) is 0 Å². The molecule has 0 unspecified atom stereocenters. The average Bonchev–Trinajstić information content (AvgIpc) is 2.91. The molecular formula is C16H24ClN5O2. The lowest BCUT2D eigenvalue weighted by Gasteiger charge is -2.14. The summed E-state index contributed by atoms with van der Waals surface area (Å²) in [7, 11) is 0. The van der Waals surface area contributed by atoms with Crippen molar-refractivity contribution in [1.29, 1.82) is 0 Å². The van der Waals surface area contributed by atoms with Gasteiger partial charge in [-0.25, -0.2) is 4.98 Å². The zero-order valence-corrected chi connectivity index (χ0v) is 14.9. The first kappa shape index (κ1) is 19.9. The predicted octanol–water partition coefficient (Wildman–Crippen LogP) is 1.01.